The molecule has 0 radical (unpaired) electrons. The van der Waals surface area contributed by atoms with Gasteiger partial charge in [0.05, 0.1) is 0 Å². The van der Waals surface area contributed by atoms with Gasteiger partial charge in [0, 0.05) is 6.42 Å². The maximum absolute atomic E-state index is 11.2. The van der Waals surface area contributed by atoms with E-state index >= 15 is 0 Å². The number of aryl methyl sites for hydroxylation is 3. The molecule has 3 N–H and O–H groups in total. The summed E-state index contributed by atoms with van der Waals surface area (Å²) in [5, 5.41) is 10.2. The zero-order valence-electron chi connectivity index (χ0n) is 17.0. The molecule has 1 fully saturated rings. The van der Waals surface area contributed by atoms with Crippen molar-refractivity contribution in [2.75, 3.05) is 6.61 Å². The van der Waals surface area contributed by atoms with Crippen molar-refractivity contribution in [3.05, 3.63) is 53.0 Å². The monoisotopic (exact) mass is 413 g/mol. The molecule has 0 bridgehead atoms. The molecule has 8 heteroatoms. The summed E-state index contributed by atoms with van der Waals surface area (Å²) in [7, 11) is 0. The lowest BCUT2D eigenvalue weighted by atomic mass is 9.93. The molecule has 0 unspecified atom stereocenters. The molecule has 30 heavy (non-hydrogen) atoms. The fourth-order valence-corrected chi connectivity index (χ4v) is 2.76. The summed E-state index contributed by atoms with van der Waals surface area (Å²) in [5.41, 5.74) is 6.83. The van der Waals surface area contributed by atoms with E-state index in [1.165, 1.54) is 12.5 Å². The van der Waals surface area contributed by atoms with E-state index in [2.05, 4.69) is 21.3 Å². The Bertz CT molecular complexity index is 1010. The number of hydrogen-bond acceptors (Lipinski definition) is 8. The highest BCUT2D eigenvalue weighted by Gasteiger charge is 2.58. The number of carbonyl (C=O) groups excluding carboxylic acids is 2. The highest BCUT2D eigenvalue weighted by atomic mass is 16.9. The molecule has 1 saturated heterocycles. The number of rotatable bonds is 6. The zero-order chi connectivity index (χ0) is 21.9. The van der Waals surface area contributed by atoms with Crippen molar-refractivity contribution in [1.82, 2.24) is 0 Å². The smallest absolute Gasteiger partial charge is 0.422 e. The SMILES string of the molecule is Cc1ccc(OCC#Cc2ccc(CC[C@@](C)(N)C3(O)OC(=O)C(=O)O3)o2)cc1C. The van der Waals surface area contributed by atoms with E-state index in [-0.39, 0.29) is 13.0 Å². The van der Waals surface area contributed by atoms with Gasteiger partial charge in [0.25, 0.3) is 0 Å². The molecular formula is C22H23NO7. The van der Waals surface area contributed by atoms with Crippen LogP contribution in [-0.4, -0.2) is 35.2 Å². The molecule has 2 heterocycles. The van der Waals surface area contributed by atoms with Crippen LogP contribution in [0.2, 0.25) is 0 Å². The fourth-order valence-electron chi connectivity index (χ4n) is 2.76. The highest BCUT2D eigenvalue weighted by molar-refractivity contribution is 6.31. The lowest BCUT2D eigenvalue weighted by Crippen LogP contribution is -2.60. The summed E-state index contributed by atoms with van der Waals surface area (Å²) in [6.07, 6.45) is 0.408. The quantitative estimate of drug-likeness (QED) is 0.417. The van der Waals surface area contributed by atoms with Gasteiger partial charge < -0.3 is 29.5 Å². The third-order valence-corrected chi connectivity index (χ3v) is 4.90. The molecule has 0 aliphatic carbocycles. The Balaban J connectivity index is 1.53. The third-order valence-electron chi connectivity index (χ3n) is 4.90. The number of aliphatic hydroxyl groups is 1. The van der Waals surface area contributed by atoms with Crippen molar-refractivity contribution in [3.8, 4) is 17.6 Å². The second-order valence-corrected chi connectivity index (χ2v) is 7.38. The van der Waals surface area contributed by atoms with Gasteiger partial charge in [-0.05, 0) is 68.5 Å². The first-order valence-electron chi connectivity index (χ1n) is 9.35. The van der Waals surface area contributed by atoms with Crippen LogP contribution < -0.4 is 10.5 Å². The molecular weight excluding hydrogens is 390 g/mol. The van der Waals surface area contributed by atoms with Gasteiger partial charge in [-0.15, -0.1) is 0 Å². The first-order valence-corrected chi connectivity index (χ1v) is 9.35. The van der Waals surface area contributed by atoms with E-state index in [0.29, 0.717) is 17.9 Å². The molecule has 1 atom stereocenters. The second-order valence-electron chi connectivity index (χ2n) is 7.38. The van der Waals surface area contributed by atoms with Crippen molar-refractivity contribution in [2.24, 2.45) is 5.73 Å². The Morgan fingerprint density at radius 1 is 1.13 bits per heavy atom. The van der Waals surface area contributed by atoms with Crippen LogP contribution in [-0.2, 0) is 25.5 Å². The molecule has 158 valence electrons. The van der Waals surface area contributed by atoms with Gasteiger partial charge in [-0.25, -0.2) is 9.59 Å². The van der Waals surface area contributed by atoms with Crippen molar-refractivity contribution < 1.29 is 33.3 Å². The number of benzene rings is 1. The molecule has 1 aromatic heterocycles. The summed E-state index contributed by atoms with van der Waals surface area (Å²) in [5.74, 6) is 2.44. The number of furan rings is 1. The summed E-state index contributed by atoms with van der Waals surface area (Å²) in [6, 6.07) is 9.27. The standard InChI is InChI=1S/C22H23NO7/c1-14-6-7-18(13-15(14)2)27-12-4-5-16-8-9-17(28-16)10-11-21(3,23)22(26)29-19(24)20(25)30-22/h6-9,13,26H,10-12,23H2,1-3H3/t21-/m1/s1. The van der Waals surface area contributed by atoms with Crippen LogP contribution in [0, 0.1) is 25.7 Å². The van der Waals surface area contributed by atoms with Crippen LogP contribution in [0.4, 0.5) is 0 Å². The van der Waals surface area contributed by atoms with Gasteiger partial charge in [-0.2, -0.15) is 0 Å². The fraction of sp³-hybridized carbons (Fsp3) is 0.364. The predicted molar refractivity (Wildman–Crippen MR) is 105 cm³/mol. The summed E-state index contributed by atoms with van der Waals surface area (Å²) >= 11 is 0. The first kappa shape index (κ1) is 21.4. The zero-order valence-corrected chi connectivity index (χ0v) is 17.0. The minimum Gasteiger partial charge on any atom is -0.481 e. The maximum atomic E-state index is 11.2. The second kappa shape index (κ2) is 8.22. The van der Waals surface area contributed by atoms with E-state index in [4.69, 9.17) is 14.9 Å². The largest absolute Gasteiger partial charge is 0.481 e. The van der Waals surface area contributed by atoms with Crippen molar-refractivity contribution in [2.45, 2.75) is 45.1 Å². The molecule has 1 aliphatic heterocycles. The Morgan fingerprint density at radius 3 is 2.50 bits per heavy atom. The van der Waals surface area contributed by atoms with Gasteiger partial charge >= 0.3 is 17.9 Å². The minimum absolute atomic E-state index is 0.111. The van der Waals surface area contributed by atoms with Crippen LogP contribution in [0.3, 0.4) is 0 Å². The highest BCUT2D eigenvalue weighted by Crippen LogP contribution is 2.32. The molecule has 2 aromatic rings. The van der Waals surface area contributed by atoms with E-state index in [1.807, 2.05) is 32.0 Å². The van der Waals surface area contributed by atoms with Crippen molar-refractivity contribution in [3.63, 3.8) is 0 Å². The number of esters is 2. The van der Waals surface area contributed by atoms with Gasteiger partial charge in [0.2, 0.25) is 0 Å². The van der Waals surface area contributed by atoms with Crippen LogP contribution in [0.1, 0.15) is 36.0 Å². The molecule has 0 saturated carbocycles. The number of carbonyl (C=O) groups is 2. The van der Waals surface area contributed by atoms with E-state index in [0.717, 1.165) is 11.3 Å². The molecule has 3 rings (SSSR count). The number of hydrogen-bond donors (Lipinski definition) is 2. The Labute approximate surface area is 173 Å². The summed E-state index contributed by atoms with van der Waals surface area (Å²) in [6.45, 7) is 5.67. The van der Waals surface area contributed by atoms with E-state index < -0.39 is 23.5 Å². The van der Waals surface area contributed by atoms with Crippen molar-refractivity contribution >= 4 is 11.9 Å². The minimum atomic E-state index is -2.51. The number of ether oxygens (including phenoxy) is 3. The summed E-state index contributed by atoms with van der Waals surface area (Å²) in [4.78, 5) is 22.4. The van der Waals surface area contributed by atoms with Gasteiger partial charge in [-0.1, -0.05) is 12.0 Å². The van der Waals surface area contributed by atoms with Crippen LogP contribution in [0.25, 0.3) is 0 Å². The average Bonchev–Trinajstić information content (AvgIpc) is 3.24. The maximum Gasteiger partial charge on any atom is 0.422 e. The van der Waals surface area contributed by atoms with Gasteiger partial charge in [-0.3, -0.25) is 0 Å². The Kier molecular flexibility index (Phi) is 5.87. The Hall–Kier alpha value is -3.28. The lowest BCUT2D eigenvalue weighted by molar-refractivity contribution is -0.324. The molecule has 1 aliphatic rings. The van der Waals surface area contributed by atoms with Crippen LogP contribution in [0.5, 0.6) is 5.75 Å². The van der Waals surface area contributed by atoms with Gasteiger partial charge in [0.15, 0.2) is 5.76 Å². The lowest BCUT2D eigenvalue weighted by Gasteiger charge is -2.34. The normalized spacial score (nSPS) is 16.8. The molecule has 8 nitrogen and oxygen atoms in total. The van der Waals surface area contributed by atoms with Gasteiger partial charge in [0.1, 0.15) is 23.7 Å². The first-order chi connectivity index (χ1) is 14.1. The topological polar surface area (TPSA) is 121 Å². The Morgan fingerprint density at radius 2 is 1.83 bits per heavy atom. The van der Waals surface area contributed by atoms with E-state index in [9.17, 15) is 14.7 Å². The molecule has 1 aromatic carbocycles. The third kappa shape index (κ3) is 4.64. The number of cyclic esters (lactones) is 2. The average molecular weight is 413 g/mol. The van der Waals surface area contributed by atoms with Crippen LogP contribution in [0.15, 0.2) is 34.7 Å². The van der Waals surface area contributed by atoms with Crippen LogP contribution >= 0.6 is 0 Å². The summed E-state index contributed by atoms with van der Waals surface area (Å²) < 4.78 is 20.4. The van der Waals surface area contributed by atoms with Crippen molar-refractivity contribution in [1.29, 1.82) is 0 Å². The number of nitrogens with two attached hydrogens (primary N) is 1. The molecule has 0 spiro atoms. The molecule has 0 amide bonds. The van der Waals surface area contributed by atoms with E-state index in [1.54, 1.807) is 12.1 Å². The predicted octanol–water partition coefficient (Wildman–Crippen LogP) is 1.72.